The molecule has 0 saturated heterocycles. The first kappa shape index (κ1) is 11.0. The first-order valence-corrected chi connectivity index (χ1v) is 4.75. The van der Waals surface area contributed by atoms with Gasteiger partial charge < -0.3 is 15.6 Å². The van der Waals surface area contributed by atoms with Crippen LogP contribution < -0.4 is 10.5 Å². The number of carboxylic acids is 1. The van der Waals surface area contributed by atoms with Crippen molar-refractivity contribution < 1.29 is 14.6 Å². The van der Waals surface area contributed by atoms with Gasteiger partial charge in [0.25, 0.3) is 0 Å². The number of aliphatic carboxylic acids is 1. The molecule has 0 radical (unpaired) electrons. The monoisotopic (exact) mass is 259 g/mol. The van der Waals surface area contributed by atoms with Crippen LogP contribution in [0.5, 0.6) is 5.75 Å². The van der Waals surface area contributed by atoms with E-state index < -0.39 is 12.0 Å². The Kier molecular flexibility index (Phi) is 3.91. The topological polar surface area (TPSA) is 72.5 Å². The summed E-state index contributed by atoms with van der Waals surface area (Å²) < 4.78 is 6.09. The average molecular weight is 260 g/mol. The van der Waals surface area contributed by atoms with Crippen LogP contribution in [0, 0.1) is 0 Å². The van der Waals surface area contributed by atoms with E-state index in [0.29, 0.717) is 5.75 Å². The molecule has 0 saturated carbocycles. The van der Waals surface area contributed by atoms with Crippen molar-refractivity contribution >= 4 is 21.9 Å². The van der Waals surface area contributed by atoms with E-state index in [4.69, 9.17) is 15.6 Å². The number of rotatable bonds is 4. The van der Waals surface area contributed by atoms with Gasteiger partial charge in [0, 0.05) is 4.47 Å². The molecule has 76 valence electrons. The minimum absolute atomic E-state index is 0.0308. The molecule has 0 spiro atoms. The lowest BCUT2D eigenvalue weighted by atomic mass is 10.3. The molecular weight excluding hydrogens is 250 g/mol. The van der Waals surface area contributed by atoms with Gasteiger partial charge >= 0.3 is 5.97 Å². The maximum absolute atomic E-state index is 10.4. The summed E-state index contributed by atoms with van der Waals surface area (Å²) in [6.07, 6.45) is 0. The van der Waals surface area contributed by atoms with Gasteiger partial charge in [0.1, 0.15) is 18.4 Å². The molecule has 0 fully saturated rings. The third-order valence-electron chi connectivity index (χ3n) is 1.56. The molecule has 4 nitrogen and oxygen atoms in total. The fourth-order valence-electron chi connectivity index (χ4n) is 0.788. The van der Waals surface area contributed by atoms with Gasteiger partial charge in [0.05, 0.1) is 0 Å². The number of carbonyl (C=O) groups is 1. The van der Waals surface area contributed by atoms with Crippen molar-refractivity contribution in [2.24, 2.45) is 5.73 Å². The van der Waals surface area contributed by atoms with Gasteiger partial charge in [0.2, 0.25) is 0 Å². The predicted molar refractivity (Wildman–Crippen MR) is 55.2 cm³/mol. The number of nitrogens with two attached hydrogens (primary N) is 1. The summed E-state index contributed by atoms with van der Waals surface area (Å²) in [6, 6.07) is 6.10. The molecule has 0 unspecified atom stereocenters. The Morgan fingerprint density at radius 1 is 1.50 bits per heavy atom. The lowest BCUT2D eigenvalue weighted by molar-refractivity contribution is -0.139. The standard InChI is InChI=1S/C9H10BrNO3/c10-6-1-3-7(4-2-6)14-5-8(11)9(12)13/h1-4,8H,5,11H2,(H,12,13)/t8-/m1/s1. The van der Waals surface area contributed by atoms with E-state index in [-0.39, 0.29) is 6.61 Å². The maximum atomic E-state index is 10.4. The van der Waals surface area contributed by atoms with Crippen molar-refractivity contribution in [2.75, 3.05) is 6.61 Å². The second-order valence-corrected chi connectivity index (χ2v) is 3.63. The summed E-state index contributed by atoms with van der Waals surface area (Å²) in [4.78, 5) is 10.4. The van der Waals surface area contributed by atoms with E-state index in [2.05, 4.69) is 15.9 Å². The molecule has 1 rings (SSSR count). The highest BCUT2D eigenvalue weighted by atomic mass is 79.9. The summed E-state index contributed by atoms with van der Waals surface area (Å²) in [6.45, 7) is -0.0308. The van der Waals surface area contributed by atoms with E-state index in [1.54, 1.807) is 12.1 Å². The molecule has 5 heteroatoms. The zero-order valence-corrected chi connectivity index (χ0v) is 8.90. The summed E-state index contributed by atoms with van der Waals surface area (Å²) >= 11 is 3.27. The highest BCUT2D eigenvalue weighted by molar-refractivity contribution is 9.10. The number of carboxylic acid groups (broad SMARTS) is 1. The van der Waals surface area contributed by atoms with Crippen molar-refractivity contribution in [1.29, 1.82) is 0 Å². The molecule has 0 aliphatic rings. The molecule has 0 aliphatic heterocycles. The van der Waals surface area contributed by atoms with Gasteiger partial charge in [-0.05, 0) is 24.3 Å². The van der Waals surface area contributed by atoms with Crippen LogP contribution >= 0.6 is 15.9 Å². The van der Waals surface area contributed by atoms with Crippen LogP contribution in [0.1, 0.15) is 0 Å². The van der Waals surface area contributed by atoms with Crippen LogP contribution in [0.15, 0.2) is 28.7 Å². The van der Waals surface area contributed by atoms with Crippen LogP contribution in [-0.2, 0) is 4.79 Å². The van der Waals surface area contributed by atoms with Gasteiger partial charge in [-0.2, -0.15) is 0 Å². The van der Waals surface area contributed by atoms with E-state index in [9.17, 15) is 4.79 Å². The average Bonchev–Trinajstić information content (AvgIpc) is 2.16. The Hall–Kier alpha value is -1.07. The minimum atomic E-state index is -1.07. The van der Waals surface area contributed by atoms with Gasteiger partial charge in [-0.15, -0.1) is 0 Å². The molecule has 14 heavy (non-hydrogen) atoms. The molecule has 1 atom stereocenters. The Bertz CT molecular complexity index is 312. The van der Waals surface area contributed by atoms with Gasteiger partial charge in [-0.3, -0.25) is 4.79 Å². The third kappa shape index (κ3) is 3.35. The fourth-order valence-corrected chi connectivity index (χ4v) is 1.05. The quantitative estimate of drug-likeness (QED) is 0.854. The van der Waals surface area contributed by atoms with Crippen LogP contribution in [0.25, 0.3) is 0 Å². The van der Waals surface area contributed by atoms with Crippen LogP contribution in [0.2, 0.25) is 0 Å². The zero-order valence-electron chi connectivity index (χ0n) is 7.31. The number of halogens is 1. The second-order valence-electron chi connectivity index (χ2n) is 2.71. The zero-order chi connectivity index (χ0) is 10.6. The number of hydrogen-bond acceptors (Lipinski definition) is 3. The van der Waals surface area contributed by atoms with Gasteiger partial charge in [-0.25, -0.2) is 0 Å². The second kappa shape index (κ2) is 4.97. The molecule has 0 aromatic heterocycles. The molecule has 1 aromatic carbocycles. The first-order valence-electron chi connectivity index (χ1n) is 3.96. The van der Waals surface area contributed by atoms with Crippen LogP contribution in [0.4, 0.5) is 0 Å². The fraction of sp³-hybridized carbons (Fsp3) is 0.222. The van der Waals surface area contributed by atoms with Crippen LogP contribution in [-0.4, -0.2) is 23.7 Å². The smallest absolute Gasteiger partial charge is 0.324 e. The van der Waals surface area contributed by atoms with Crippen molar-refractivity contribution in [3.05, 3.63) is 28.7 Å². The number of benzene rings is 1. The molecule has 0 aliphatic carbocycles. The summed E-state index contributed by atoms with van der Waals surface area (Å²) in [5, 5.41) is 8.49. The third-order valence-corrected chi connectivity index (χ3v) is 2.09. The highest BCUT2D eigenvalue weighted by Gasteiger charge is 2.11. The Morgan fingerprint density at radius 2 is 2.07 bits per heavy atom. The van der Waals surface area contributed by atoms with E-state index in [1.165, 1.54) is 0 Å². The minimum Gasteiger partial charge on any atom is -0.491 e. The lowest BCUT2D eigenvalue weighted by Crippen LogP contribution is -2.36. The normalized spacial score (nSPS) is 12.1. The van der Waals surface area contributed by atoms with Gasteiger partial charge in [0.15, 0.2) is 0 Å². The number of ether oxygens (including phenoxy) is 1. The molecule has 0 heterocycles. The Morgan fingerprint density at radius 3 is 2.57 bits per heavy atom. The summed E-state index contributed by atoms with van der Waals surface area (Å²) in [5.41, 5.74) is 5.26. The van der Waals surface area contributed by atoms with E-state index >= 15 is 0 Å². The van der Waals surface area contributed by atoms with Crippen molar-refractivity contribution in [2.45, 2.75) is 6.04 Å². The Labute approximate surface area is 89.8 Å². The van der Waals surface area contributed by atoms with Crippen molar-refractivity contribution in [3.63, 3.8) is 0 Å². The SMILES string of the molecule is N[C@H](COc1ccc(Br)cc1)C(=O)O. The lowest BCUT2D eigenvalue weighted by Gasteiger charge is -2.08. The van der Waals surface area contributed by atoms with Crippen molar-refractivity contribution in [1.82, 2.24) is 0 Å². The summed E-state index contributed by atoms with van der Waals surface area (Å²) in [5.74, 6) is -0.466. The first-order chi connectivity index (χ1) is 6.59. The number of hydrogen-bond donors (Lipinski definition) is 2. The van der Waals surface area contributed by atoms with Crippen molar-refractivity contribution in [3.8, 4) is 5.75 Å². The Balaban J connectivity index is 2.46. The maximum Gasteiger partial charge on any atom is 0.324 e. The summed E-state index contributed by atoms with van der Waals surface area (Å²) in [7, 11) is 0. The molecule has 0 bridgehead atoms. The van der Waals surface area contributed by atoms with E-state index in [0.717, 1.165) is 4.47 Å². The van der Waals surface area contributed by atoms with Gasteiger partial charge in [-0.1, -0.05) is 15.9 Å². The predicted octanol–water partition coefficient (Wildman–Crippen LogP) is 1.24. The molecule has 3 N–H and O–H groups in total. The molecule has 0 amide bonds. The molecule has 1 aromatic rings. The largest absolute Gasteiger partial charge is 0.491 e. The van der Waals surface area contributed by atoms with E-state index in [1.807, 2.05) is 12.1 Å². The highest BCUT2D eigenvalue weighted by Crippen LogP contribution is 2.15. The molecular formula is C9H10BrNO3. The van der Waals surface area contributed by atoms with Crippen LogP contribution in [0.3, 0.4) is 0 Å².